The van der Waals surface area contributed by atoms with Gasteiger partial charge in [-0.3, -0.25) is 4.79 Å². The Morgan fingerprint density at radius 3 is 2.66 bits per heavy atom. The van der Waals surface area contributed by atoms with E-state index in [1.165, 1.54) is 0 Å². The predicted molar refractivity (Wildman–Crippen MR) is 127 cm³/mol. The largest absolute Gasteiger partial charge is 0.454 e. The lowest BCUT2D eigenvalue weighted by atomic mass is 10.0. The minimum atomic E-state index is -0.560. The van der Waals surface area contributed by atoms with Gasteiger partial charge in [0.15, 0.2) is 11.6 Å². The molecule has 0 atom stereocenters. The highest BCUT2D eigenvalue weighted by Crippen LogP contribution is 2.31. The number of benzene rings is 2. The molecular weight excluding hydrogens is 408 g/mol. The van der Waals surface area contributed by atoms with Gasteiger partial charge in [-0.05, 0) is 50.2 Å². The molecule has 2 aromatic carbocycles. The second-order valence-corrected chi connectivity index (χ2v) is 7.44. The van der Waals surface area contributed by atoms with Gasteiger partial charge in [0.1, 0.15) is 17.0 Å². The molecule has 0 aliphatic rings. The molecule has 9 nitrogen and oxygen atoms in total. The van der Waals surface area contributed by atoms with E-state index >= 15 is 0 Å². The van der Waals surface area contributed by atoms with E-state index in [2.05, 4.69) is 15.5 Å². The smallest absolute Gasteiger partial charge is 0.288 e. The van der Waals surface area contributed by atoms with Gasteiger partial charge in [0, 0.05) is 23.2 Å². The van der Waals surface area contributed by atoms with Gasteiger partial charge in [-0.15, -0.1) is 0 Å². The number of nitrogens with zero attached hydrogens (tertiary/aromatic N) is 2. The van der Waals surface area contributed by atoms with Gasteiger partial charge in [0.2, 0.25) is 0 Å². The Morgan fingerprint density at radius 2 is 1.94 bits per heavy atom. The van der Waals surface area contributed by atoms with E-state index in [1.54, 1.807) is 12.1 Å². The maximum atomic E-state index is 12.2. The second kappa shape index (κ2) is 8.56. The van der Waals surface area contributed by atoms with E-state index in [0.29, 0.717) is 29.3 Å². The molecule has 4 rings (SSSR count). The van der Waals surface area contributed by atoms with Crippen LogP contribution in [0.15, 0.2) is 56.7 Å². The summed E-state index contributed by atoms with van der Waals surface area (Å²) in [4.78, 5) is 17.0. The molecule has 0 amide bonds. The molecule has 0 saturated heterocycles. The number of nitrogen functional groups attached to an aromatic ring is 2. The molecule has 0 fully saturated rings. The number of aliphatic imine (C=N–C) groups is 1. The normalized spacial score (nSPS) is 11.8. The first-order chi connectivity index (χ1) is 15.4. The predicted octanol–water partition coefficient (Wildman–Crippen LogP) is 2.87. The Bertz CT molecular complexity index is 1370. The van der Waals surface area contributed by atoms with Crippen LogP contribution in [0.4, 0.5) is 22.9 Å². The van der Waals surface area contributed by atoms with Crippen molar-refractivity contribution in [2.75, 3.05) is 29.9 Å². The zero-order chi connectivity index (χ0) is 22.8. The van der Waals surface area contributed by atoms with Crippen LogP contribution in [0.5, 0.6) is 0 Å². The summed E-state index contributed by atoms with van der Waals surface area (Å²) in [5.74, 6) is 0.497. The minimum absolute atomic E-state index is 0.0307. The lowest BCUT2D eigenvalue weighted by molar-refractivity contribution is 0.311. The maximum absolute atomic E-state index is 12.2. The fraction of sp³-hybridized carbons (Fsp3) is 0.174. The van der Waals surface area contributed by atoms with Gasteiger partial charge < -0.3 is 26.3 Å². The van der Waals surface area contributed by atoms with E-state index in [-0.39, 0.29) is 23.7 Å². The number of nitrogens with two attached hydrogens (primary N) is 2. The Labute approximate surface area is 183 Å². The van der Waals surface area contributed by atoms with Crippen LogP contribution in [0.25, 0.3) is 11.0 Å². The summed E-state index contributed by atoms with van der Waals surface area (Å²) in [5, 5.41) is 19.2. The molecule has 164 valence electrons. The van der Waals surface area contributed by atoms with Crippen molar-refractivity contribution in [3.63, 3.8) is 0 Å². The monoisotopic (exact) mass is 432 g/mol. The number of hydrogen-bond acceptors (Lipinski definition) is 8. The molecule has 2 heterocycles. The van der Waals surface area contributed by atoms with Crippen LogP contribution >= 0.6 is 0 Å². The number of anilines is 3. The Balaban J connectivity index is 1.93. The first-order valence-corrected chi connectivity index (χ1v) is 10.1. The number of nitrogens with one attached hydrogen (secondary N) is 2. The average Bonchev–Trinajstić information content (AvgIpc) is 3.11. The van der Waals surface area contributed by atoms with Crippen LogP contribution in [0.1, 0.15) is 22.5 Å². The summed E-state index contributed by atoms with van der Waals surface area (Å²) in [6.45, 7) is 4.40. The summed E-state index contributed by atoms with van der Waals surface area (Å²) >= 11 is 0. The first-order valence-electron chi connectivity index (χ1n) is 10.1. The second-order valence-electron chi connectivity index (χ2n) is 7.44. The minimum Gasteiger partial charge on any atom is -0.454 e. The molecule has 0 bridgehead atoms. The number of aromatic amines is 1. The number of aromatic nitrogens is 2. The molecule has 7 N–H and O–H groups in total. The molecular formula is C23H24N6O3. The van der Waals surface area contributed by atoms with Crippen molar-refractivity contribution >= 4 is 39.6 Å². The van der Waals surface area contributed by atoms with Crippen LogP contribution < -0.4 is 22.3 Å². The third-order valence-corrected chi connectivity index (χ3v) is 5.14. The van der Waals surface area contributed by atoms with Crippen molar-refractivity contribution < 1.29 is 9.52 Å². The van der Waals surface area contributed by atoms with Gasteiger partial charge in [0.05, 0.1) is 17.9 Å². The molecule has 2 aromatic heterocycles. The quantitative estimate of drug-likeness (QED) is 0.293. The number of furan rings is 1. The molecule has 0 radical (unpaired) electrons. The van der Waals surface area contributed by atoms with Crippen LogP contribution in [0.3, 0.4) is 0 Å². The van der Waals surface area contributed by atoms with E-state index in [1.807, 2.05) is 44.2 Å². The van der Waals surface area contributed by atoms with Crippen molar-refractivity contribution in [3.05, 3.63) is 75.3 Å². The maximum Gasteiger partial charge on any atom is 0.288 e. The number of fused-ring (bicyclic) bond motifs is 1. The molecule has 0 aliphatic carbocycles. The SMILES string of the molecule is Cc1ccc2oc(C(=Nc3ccc(NCCO)cc3)c3c(N)n[nH]c(=O)c3N)c(C)c2c1. The number of aliphatic hydroxyl groups excluding tert-OH is 1. The van der Waals surface area contributed by atoms with E-state index < -0.39 is 5.56 Å². The molecule has 0 spiro atoms. The number of hydrogen-bond donors (Lipinski definition) is 5. The van der Waals surface area contributed by atoms with Gasteiger partial charge in [-0.2, -0.15) is 5.10 Å². The average molecular weight is 432 g/mol. The highest BCUT2D eigenvalue weighted by Gasteiger charge is 2.24. The summed E-state index contributed by atoms with van der Waals surface area (Å²) in [5.41, 5.74) is 16.2. The molecule has 0 saturated carbocycles. The number of H-pyrrole nitrogens is 1. The molecule has 4 aromatic rings. The molecule has 0 unspecified atom stereocenters. The zero-order valence-corrected chi connectivity index (χ0v) is 17.8. The van der Waals surface area contributed by atoms with Crippen molar-refractivity contribution in [3.8, 4) is 0 Å². The highest BCUT2D eigenvalue weighted by atomic mass is 16.3. The lowest BCUT2D eigenvalue weighted by Crippen LogP contribution is -2.22. The van der Waals surface area contributed by atoms with Crippen molar-refractivity contribution in [1.29, 1.82) is 0 Å². The van der Waals surface area contributed by atoms with Crippen LogP contribution in [0.2, 0.25) is 0 Å². The fourth-order valence-electron chi connectivity index (χ4n) is 3.49. The zero-order valence-electron chi connectivity index (χ0n) is 17.8. The Hall–Kier alpha value is -4.11. The molecule has 9 heteroatoms. The van der Waals surface area contributed by atoms with E-state index in [4.69, 9.17) is 26.0 Å². The van der Waals surface area contributed by atoms with Crippen LogP contribution in [-0.4, -0.2) is 34.2 Å². The van der Waals surface area contributed by atoms with Gasteiger partial charge in [-0.25, -0.2) is 10.1 Å². The summed E-state index contributed by atoms with van der Waals surface area (Å²) < 4.78 is 6.15. The lowest BCUT2D eigenvalue weighted by Gasteiger charge is -2.11. The Kier molecular flexibility index (Phi) is 5.65. The van der Waals surface area contributed by atoms with Crippen molar-refractivity contribution in [1.82, 2.24) is 10.2 Å². The third-order valence-electron chi connectivity index (χ3n) is 5.14. The van der Waals surface area contributed by atoms with Crippen molar-refractivity contribution in [2.24, 2.45) is 4.99 Å². The number of aliphatic hydroxyl groups is 1. The Morgan fingerprint density at radius 1 is 1.19 bits per heavy atom. The first kappa shape index (κ1) is 21.1. The standard InChI is InChI=1S/C23H24N6O3/c1-12-3-8-17-16(11-12)13(2)21(32-17)20(18-19(24)23(31)29-28-22(18)25)27-15-6-4-14(5-7-15)26-9-10-30/h3-8,11,26,30H,9-10H2,1-2H3,(H,29,31)(H4,24,25,28). The molecule has 0 aliphatic heterocycles. The van der Waals surface area contributed by atoms with Crippen molar-refractivity contribution in [2.45, 2.75) is 13.8 Å². The summed E-state index contributed by atoms with van der Waals surface area (Å²) in [6, 6.07) is 13.2. The van der Waals surface area contributed by atoms with Crippen LogP contribution in [0, 0.1) is 13.8 Å². The fourth-order valence-corrected chi connectivity index (χ4v) is 3.49. The number of rotatable bonds is 6. The van der Waals surface area contributed by atoms with E-state index in [0.717, 1.165) is 22.2 Å². The van der Waals surface area contributed by atoms with Gasteiger partial charge in [0.25, 0.3) is 5.56 Å². The number of aryl methyl sites for hydroxylation is 2. The third kappa shape index (κ3) is 3.93. The van der Waals surface area contributed by atoms with E-state index in [9.17, 15) is 4.79 Å². The summed E-state index contributed by atoms with van der Waals surface area (Å²) in [6.07, 6.45) is 0. The van der Waals surface area contributed by atoms with Crippen LogP contribution in [-0.2, 0) is 0 Å². The van der Waals surface area contributed by atoms with Gasteiger partial charge in [-0.1, -0.05) is 11.6 Å². The highest BCUT2D eigenvalue weighted by molar-refractivity contribution is 6.19. The van der Waals surface area contributed by atoms with Gasteiger partial charge >= 0.3 is 0 Å². The topological polar surface area (TPSA) is 156 Å². The summed E-state index contributed by atoms with van der Waals surface area (Å²) in [7, 11) is 0. The molecule has 32 heavy (non-hydrogen) atoms.